The van der Waals surface area contributed by atoms with E-state index < -0.39 is 0 Å². The quantitative estimate of drug-likeness (QED) is 0.248. The number of rotatable bonds is 2. The highest BCUT2D eigenvalue weighted by Crippen LogP contribution is 1.99. The van der Waals surface area contributed by atoms with Crippen molar-refractivity contribution in [1.29, 1.82) is 0 Å². The van der Waals surface area contributed by atoms with Crippen LogP contribution in [0.25, 0.3) is 0 Å². The molecule has 0 unspecified atom stereocenters. The number of nitrogens with two attached hydrogens (primary N) is 2. The fraction of sp³-hybridized carbons (Fsp3) is 0.125. The number of nitrogens with one attached hydrogen (secondary N) is 1. The number of guanidine groups is 1. The zero-order valence-corrected chi connectivity index (χ0v) is 6.70. The zero-order valence-electron chi connectivity index (χ0n) is 6.70. The van der Waals surface area contributed by atoms with Crippen molar-refractivity contribution in [2.24, 2.45) is 16.6 Å². The first kappa shape index (κ1) is 8.55. The topological polar surface area (TPSA) is 76.4 Å². The van der Waals surface area contributed by atoms with Crippen molar-refractivity contribution in [3.63, 3.8) is 0 Å². The van der Waals surface area contributed by atoms with E-state index in [2.05, 4.69) is 10.4 Å². The van der Waals surface area contributed by atoms with Crippen LogP contribution in [-0.4, -0.2) is 5.96 Å². The average Bonchev–Trinajstić information content (AvgIpc) is 2.16. The summed E-state index contributed by atoms with van der Waals surface area (Å²) < 4.78 is 0. The summed E-state index contributed by atoms with van der Waals surface area (Å²) in [5.41, 5.74) is 8.70. The van der Waals surface area contributed by atoms with Crippen LogP contribution in [0.5, 0.6) is 0 Å². The van der Waals surface area contributed by atoms with Crippen molar-refractivity contribution in [2.75, 3.05) is 0 Å². The predicted molar refractivity (Wildman–Crippen MR) is 49.1 cm³/mol. The Labute approximate surface area is 71.3 Å². The molecular formula is C8H12N4. The summed E-state index contributed by atoms with van der Waals surface area (Å²) >= 11 is 0. The molecule has 12 heavy (non-hydrogen) atoms. The smallest absolute Gasteiger partial charge is 0.203 e. The van der Waals surface area contributed by atoms with Gasteiger partial charge in [-0.05, 0) is 5.56 Å². The molecule has 5 N–H and O–H groups in total. The van der Waals surface area contributed by atoms with Crippen molar-refractivity contribution < 1.29 is 0 Å². The normalized spacial score (nSPS) is 11.2. The SMILES string of the molecule is NNC(N)=NCc1ccccc1. The summed E-state index contributed by atoms with van der Waals surface area (Å²) in [7, 11) is 0. The highest BCUT2D eigenvalue weighted by atomic mass is 15.3. The molecule has 1 aromatic carbocycles. The lowest BCUT2D eigenvalue weighted by molar-refractivity contribution is 0.958. The summed E-state index contributed by atoms with van der Waals surface area (Å²) in [6, 6.07) is 9.83. The number of hydrogen-bond donors (Lipinski definition) is 3. The van der Waals surface area contributed by atoms with Crippen LogP contribution >= 0.6 is 0 Å². The maximum Gasteiger partial charge on any atom is 0.203 e. The molecule has 0 heterocycles. The van der Waals surface area contributed by atoms with E-state index in [1.165, 1.54) is 0 Å². The van der Waals surface area contributed by atoms with Crippen LogP contribution in [0.15, 0.2) is 35.3 Å². The highest BCUT2D eigenvalue weighted by Gasteiger charge is 1.88. The molecule has 4 heteroatoms. The van der Waals surface area contributed by atoms with E-state index in [1.54, 1.807) is 0 Å². The van der Waals surface area contributed by atoms with Crippen molar-refractivity contribution in [3.05, 3.63) is 35.9 Å². The van der Waals surface area contributed by atoms with Gasteiger partial charge in [0, 0.05) is 0 Å². The highest BCUT2D eigenvalue weighted by molar-refractivity contribution is 5.77. The second kappa shape index (κ2) is 4.35. The van der Waals surface area contributed by atoms with Gasteiger partial charge in [-0.2, -0.15) is 0 Å². The third-order valence-electron chi connectivity index (χ3n) is 1.42. The number of aliphatic imine (C=N–C) groups is 1. The number of nitrogens with zero attached hydrogens (tertiary/aromatic N) is 1. The van der Waals surface area contributed by atoms with E-state index in [9.17, 15) is 0 Å². The Bertz CT molecular complexity index is 255. The molecule has 0 amide bonds. The maximum absolute atomic E-state index is 5.33. The average molecular weight is 164 g/mol. The molecule has 0 bridgehead atoms. The van der Waals surface area contributed by atoms with Crippen LogP contribution in [0.3, 0.4) is 0 Å². The summed E-state index contributed by atoms with van der Waals surface area (Å²) in [4.78, 5) is 3.97. The summed E-state index contributed by atoms with van der Waals surface area (Å²) in [6.07, 6.45) is 0. The van der Waals surface area contributed by atoms with Gasteiger partial charge in [-0.25, -0.2) is 10.8 Å². The fourth-order valence-electron chi connectivity index (χ4n) is 0.806. The van der Waals surface area contributed by atoms with E-state index >= 15 is 0 Å². The van der Waals surface area contributed by atoms with Crippen LogP contribution in [0, 0.1) is 0 Å². The molecule has 0 radical (unpaired) electrons. The summed E-state index contributed by atoms with van der Waals surface area (Å²) in [5.74, 6) is 5.28. The molecule has 0 aliphatic carbocycles. The van der Waals surface area contributed by atoms with E-state index in [4.69, 9.17) is 11.6 Å². The zero-order chi connectivity index (χ0) is 8.81. The molecule has 0 atom stereocenters. The van der Waals surface area contributed by atoms with Crippen LogP contribution in [0.2, 0.25) is 0 Å². The minimum atomic E-state index is 0.249. The van der Waals surface area contributed by atoms with Crippen molar-refractivity contribution in [1.82, 2.24) is 5.43 Å². The second-order valence-electron chi connectivity index (χ2n) is 2.33. The molecule has 1 rings (SSSR count). The Kier molecular flexibility index (Phi) is 3.10. The molecule has 0 aliphatic heterocycles. The maximum atomic E-state index is 5.33. The molecule has 0 saturated heterocycles. The third kappa shape index (κ3) is 2.59. The van der Waals surface area contributed by atoms with Gasteiger partial charge in [0.05, 0.1) is 6.54 Å². The fourth-order valence-corrected chi connectivity index (χ4v) is 0.806. The molecule has 1 aromatic rings. The molecular weight excluding hydrogens is 152 g/mol. The molecule has 0 fully saturated rings. The minimum absolute atomic E-state index is 0.249. The van der Waals surface area contributed by atoms with Gasteiger partial charge < -0.3 is 5.73 Å². The lowest BCUT2D eigenvalue weighted by Gasteiger charge is -1.98. The Morgan fingerprint density at radius 3 is 2.58 bits per heavy atom. The Morgan fingerprint density at radius 1 is 1.33 bits per heavy atom. The molecule has 64 valence electrons. The Morgan fingerprint density at radius 2 is 2.00 bits per heavy atom. The minimum Gasteiger partial charge on any atom is -0.369 e. The predicted octanol–water partition coefficient (Wildman–Crippen LogP) is -0.0354. The molecule has 0 spiro atoms. The van der Waals surface area contributed by atoms with Gasteiger partial charge in [0.1, 0.15) is 0 Å². The monoisotopic (exact) mass is 164 g/mol. The number of hydrogen-bond acceptors (Lipinski definition) is 2. The van der Waals surface area contributed by atoms with Gasteiger partial charge >= 0.3 is 0 Å². The van der Waals surface area contributed by atoms with E-state index in [0.29, 0.717) is 6.54 Å². The number of benzene rings is 1. The second-order valence-corrected chi connectivity index (χ2v) is 2.33. The molecule has 0 aliphatic rings. The van der Waals surface area contributed by atoms with Crippen LogP contribution in [0.4, 0.5) is 0 Å². The molecule has 0 aromatic heterocycles. The van der Waals surface area contributed by atoms with Gasteiger partial charge in [0.25, 0.3) is 0 Å². The van der Waals surface area contributed by atoms with Gasteiger partial charge in [0.2, 0.25) is 5.96 Å². The third-order valence-corrected chi connectivity index (χ3v) is 1.42. The summed E-state index contributed by atoms with van der Waals surface area (Å²) in [6.45, 7) is 0.552. The molecule has 4 nitrogen and oxygen atoms in total. The van der Waals surface area contributed by atoms with Crippen LogP contribution in [-0.2, 0) is 6.54 Å². The first-order valence-corrected chi connectivity index (χ1v) is 3.63. The number of hydrazine groups is 1. The van der Waals surface area contributed by atoms with Crippen molar-refractivity contribution >= 4 is 5.96 Å². The Balaban J connectivity index is 2.54. The van der Waals surface area contributed by atoms with Gasteiger partial charge in [-0.15, -0.1) is 0 Å². The van der Waals surface area contributed by atoms with E-state index in [1.807, 2.05) is 30.3 Å². The van der Waals surface area contributed by atoms with Gasteiger partial charge in [-0.1, -0.05) is 30.3 Å². The van der Waals surface area contributed by atoms with Crippen LogP contribution < -0.4 is 17.0 Å². The first-order valence-electron chi connectivity index (χ1n) is 3.63. The van der Waals surface area contributed by atoms with Crippen molar-refractivity contribution in [3.8, 4) is 0 Å². The van der Waals surface area contributed by atoms with E-state index in [0.717, 1.165) is 5.56 Å². The van der Waals surface area contributed by atoms with Crippen LogP contribution in [0.1, 0.15) is 5.56 Å². The first-order chi connectivity index (χ1) is 5.83. The molecule has 0 saturated carbocycles. The summed E-state index contributed by atoms with van der Waals surface area (Å²) in [5, 5.41) is 0. The van der Waals surface area contributed by atoms with Crippen molar-refractivity contribution in [2.45, 2.75) is 6.54 Å². The lowest BCUT2D eigenvalue weighted by atomic mass is 10.2. The largest absolute Gasteiger partial charge is 0.369 e. The van der Waals surface area contributed by atoms with E-state index in [-0.39, 0.29) is 5.96 Å². The standard InChI is InChI=1S/C8H12N4/c9-8(12-10)11-6-7-4-2-1-3-5-7/h1-5H,6,10H2,(H3,9,11,12). The Hall–Kier alpha value is -1.55. The lowest BCUT2D eigenvalue weighted by Crippen LogP contribution is -2.37. The van der Waals surface area contributed by atoms with Gasteiger partial charge in [-0.3, -0.25) is 5.43 Å². The van der Waals surface area contributed by atoms with Gasteiger partial charge in [0.15, 0.2) is 0 Å².